The number of esters is 3. The minimum absolute atomic E-state index is 0.0708. The summed E-state index contributed by atoms with van der Waals surface area (Å²) in [5, 5.41) is 20.7. The molecule has 5 unspecified atom stereocenters. The maximum atomic E-state index is 13.0. The molecule has 0 spiro atoms. The van der Waals surface area contributed by atoms with Gasteiger partial charge in [0.05, 0.1) is 26.4 Å². The fraction of sp³-hybridized carbons (Fsp3) is 0.629. The zero-order chi connectivity index (χ0) is 78.0. The van der Waals surface area contributed by atoms with Gasteiger partial charge < -0.3 is 34.2 Å². The minimum Gasteiger partial charge on any atom is -0.463 e. The van der Waals surface area contributed by atoms with E-state index in [9.17, 15) is 43.5 Å². The zero-order valence-electron chi connectivity index (χ0n) is 66.5. The molecule has 608 valence electrons. The molecule has 0 amide bonds. The van der Waals surface area contributed by atoms with E-state index in [0.717, 1.165) is 186 Å². The number of carbonyl (C=O) groups is 3. The van der Waals surface area contributed by atoms with Crippen molar-refractivity contribution in [3.8, 4) is 0 Å². The van der Waals surface area contributed by atoms with Gasteiger partial charge in [0, 0.05) is 19.3 Å². The van der Waals surface area contributed by atoms with Gasteiger partial charge in [0.1, 0.15) is 25.4 Å². The first-order valence-corrected chi connectivity index (χ1v) is 44.1. The highest BCUT2D eigenvalue weighted by Crippen LogP contribution is 2.45. The Morgan fingerprint density at radius 1 is 0.262 bits per heavy atom. The lowest BCUT2D eigenvalue weighted by Crippen LogP contribution is -2.30. The Kier molecular flexibility index (Phi) is 76.2. The maximum Gasteiger partial charge on any atom is 0.472 e. The first-order valence-electron chi connectivity index (χ1n) is 41.1. The van der Waals surface area contributed by atoms with E-state index < -0.39 is 91.5 Å². The van der Waals surface area contributed by atoms with Crippen LogP contribution in [-0.2, 0) is 55.8 Å². The Bertz CT molecular complexity index is 2670. The predicted molar refractivity (Wildman–Crippen MR) is 445 cm³/mol. The summed E-state index contributed by atoms with van der Waals surface area (Å²) in [7, 11) is -9.82. The normalized spacial score (nSPS) is 14.9. The van der Waals surface area contributed by atoms with E-state index in [0.29, 0.717) is 19.3 Å². The summed E-state index contributed by atoms with van der Waals surface area (Å²) in [6, 6.07) is 0. The van der Waals surface area contributed by atoms with Crippen LogP contribution in [0.5, 0.6) is 0 Å². The van der Waals surface area contributed by atoms with Crippen LogP contribution in [0.1, 0.15) is 303 Å². The Hall–Kier alpha value is -5.35. The molecule has 0 saturated heterocycles. The third-order valence-electron chi connectivity index (χ3n) is 16.6. The predicted octanol–water partition coefficient (Wildman–Crippen LogP) is 24.5. The summed E-state index contributed by atoms with van der Waals surface area (Å²) < 4.78 is 61.2. The van der Waals surface area contributed by atoms with Crippen LogP contribution in [0, 0.1) is 0 Å². The molecule has 0 fully saturated rings. The highest BCUT2D eigenvalue weighted by Gasteiger charge is 2.29. The highest BCUT2D eigenvalue weighted by molar-refractivity contribution is 7.47. The lowest BCUT2D eigenvalue weighted by Gasteiger charge is -2.21. The Morgan fingerprint density at radius 2 is 0.467 bits per heavy atom. The molecule has 18 heteroatoms. The topological polar surface area (TPSA) is 231 Å². The van der Waals surface area contributed by atoms with Gasteiger partial charge in [0.15, 0.2) is 6.10 Å². The van der Waals surface area contributed by atoms with E-state index >= 15 is 0 Å². The lowest BCUT2D eigenvalue weighted by atomic mass is 10.0. The molecule has 0 saturated carbocycles. The SMILES string of the molecule is CC/C=C\C/C=C\C/C=C\C/C=C\C/C=C\CCCCCCCCCCCCCCCC(=O)OCC(O)COP(=O)(O)OCC(O)COP(=O)(O)OCC(COC(=O)CCCCCCC/C=C\C/C=C\C/C=C\C/C=C\C/C=C\CC)OC(=O)CCCCCCC/C=C\C/C=C\C/C=C\C/C=C\C/C=C\CC. The van der Waals surface area contributed by atoms with Gasteiger partial charge in [0.2, 0.25) is 0 Å². The molecule has 0 heterocycles. The van der Waals surface area contributed by atoms with Crippen LogP contribution in [0.15, 0.2) is 182 Å². The zero-order valence-corrected chi connectivity index (χ0v) is 68.3. The number of phosphoric ester groups is 2. The van der Waals surface area contributed by atoms with Crippen LogP contribution in [-0.4, -0.2) is 95.9 Å². The van der Waals surface area contributed by atoms with Crippen molar-refractivity contribution in [2.75, 3.05) is 39.6 Å². The molecule has 5 atom stereocenters. The van der Waals surface area contributed by atoms with Gasteiger partial charge in [0.25, 0.3) is 0 Å². The molecule has 0 rings (SSSR count). The number of ether oxygens (including phenoxy) is 3. The molecule has 0 aromatic rings. The third kappa shape index (κ3) is 81.5. The van der Waals surface area contributed by atoms with E-state index in [1.165, 1.54) is 57.8 Å². The van der Waals surface area contributed by atoms with Crippen LogP contribution < -0.4 is 0 Å². The number of hydrogen-bond donors (Lipinski definition) is 4. The number of hydrogen-bond acceptors (Lipinski definition) is 14. The van der Waals surface area contributed by atoms with Crippen molar-refractivity contribution in [1.29, 1.82) is 0 Å². The van der Waals surface area contributed by atoms with Crippen LogP contribution in [0.2, 0.25) is 0 Å². The van der Waals surface area contributed by atoms with Crippen molar-refractivity contribution in [2.45, 2.75) is 322 Å². The summed E-state index contributed by atoms with van der Waals surface area (Å²) in [5.41, 5.74) is 0. The van der Waals surface area contributed by atoms with Crippen LogP contribution in [0.25, 0.3) is 0 Å². The van der Waals surface area contributed by atoms with E-state index in [-0.39, 0.29) is 19.3 Å². The van der Waals surface area contributed by atoms with Crippen LogP contribution >= 0.6 is 15.6 Å². The number of carbonyl (C=O) groups excluding carboxylic acids is 3. The smallest absolute Gasteiger partial charge is 0.463 e. The van der Waals surface area contributed by atoms with Crippen LogP contribution in [0.3, 0.4) is 0 Å². The van der Waals surface area contributed by atoms with Gasteiger partial charge in [-0.3, -0.25) is 32.5 Å². The fourth-order valence-corrected chi connectivity index (χ4v) is 12.1. The second-order valence-electron chi connectivity index (χ2n) is 26.8. The number of rotatable bonds is 76. The number of aliphatic hydroxyl groups is 2. The Morgan fingerprint density at radius 3 is 0.738 bits per heavy atom. The first-order chi connectivity index (χ1) is 52.2. The lowest BCUT2D eigenvalue weighted by molar-refractivity contribution is -0.161. The van der Waals surface area contributed by atoms with Gasteiger partial charge in [-0.1, -0.05) is 312 Å². The monoisotopic (exact) mass is 1530 g/mol. The second-order valence-corrected chi connectivity index (χ2v) is 29.7. The van der Waals surface area contributed by atoms with Gasteiger partial charge in [-0.2, -0.15) is 0 Å². The average molecular weight is 1530 g/mol. The number of aliphatic hydroxyl groups excluding tert-OH is 2. The molecular weight excluding hydrogens is 1390 g/mol. The van der Waals surface area contributed by atoms with Gasteiger partial charge >= 0.3 is 33.6 Å². The largest absolute Gasteiger partial charge is 0.472 e. The summed E-state index contributed by atoms with van der Waals surface area (Å²) in [6.07, 6.45) is 104. The Balaban J connectivity index is 4.65. The molecule has 0 aliphatic rings. The van der Waals surface area contributed by atoms with Crippen molar-refractivity contribution in [1.82, 2.24) is 0 Å². The van der Waals surface area contributed by atoms with Crippen molar-refractivity contribution >= 4 is 33.6 Å². The molecule has 0 bridgehead atoms. The molecule has 4 N–H and O–H groups in total. The first kappa shape index (κ1) is 102. The third-order valence-corrected chi connectivity index (χ3v) is 18.5. The molecule has 0 radical (unpaired) electrons. The van der Waals surface area contributed by atoms with Crippen molar-refractivity contribution in [3.05, 3.63) is 182 Å². The van der Waals surface area contributed by atoms with E-state index in [2.05, 4.69) is 203 Å². The number of unbranched alkanes of at least 4 members (excludes halogenated alkanes) is 23. The van der Waals surface area contributed by atoms with Gasteiger partial charge in [-0.25, -0.2) is 9.13 Å². The molecule has 16 nitrogen and oxygen atoms in total. The maximum absolute atomic E-state index is 13.0. The second kappa shape index (κ2) is 80.2. The molecule has 107 heavy (non-hydrogen) atoms. The molecule has 0 aromatic carbocycles. The number of phosphoric acid groups is 2. The average Bonchev–Trinajstić information content (AvgIpc) is 0.907. The molecule has 0 aromatic heterocycles. The summed E-state index contributed by atoms with van der Waals surface area (Å²) in [5.74, 6) is -1.63. The highest BCUT2D eigenvalue weighted by atomic mass is 31.2. The fourth-order valence-electron chi connectivity index (χ4n) is 10.5. The standard InChI is InChI=1S/C89H146O16P2/c1-4-7-10-13-16-19-22-25-28-31-34-37-38-39-40-41-42-43-44-47-49-51-54-57-60-63-66-69-72-75-87(92)99-78-84(90)79-101-106(95,96)102-80-85(91)81-103-107(97,98)104-83-86(105-89(94)77-74-71-68-65-62-59-56-53-50-46-36-33-30-27-24-21-18-15-12-9-6-3)82-100-88(93)76-73-70-67-64-61-58-55-52-48-45-35-32-29-26-23-20-17-14-11-8-5-2/h7-12,16-21,25-30,34-37,39-40,45-46,52-53,55-56,84-86,90-91H,4-6,13-15,22-24,31-33,38,41-44,47-51,54,57-83H2,1-3H3,(H,95,96)(H,97,98)/b10-7-,11-8-,12-9-,19-16-,20-17-,21-18-,28-25-,29-26-,30-27-,37-34-,40-39-,45-35-,46-36-,55-52-,56-53-. The minimum atomic E-state index is -4.95. The summed E-state index contributed by atoms with van der Waals surface area (Å²) >= 11 is 0. The molecular formula is C89H146O16P2. The van der Waals surface area contributed by atoms with Crippen molar-refractivity contribution < 1.29 is 75.8 Å². The van der Waals surface area contributed by atoms with Crippen LogP contribution in [0.4, 0.5) is 0 Å². The molecule has 0 aliphatic heterocycles. The Labute approximate surface area is 649 Å². The van der Waals surface area contributed by atoms with Gasteiger partial charge in [-0.05, 0) is 154 Å². The summed E-state index contributed by atoms with van der Waals surface area (Å²) in [6.45, 7) is 2.29. The van der Waals surface area contributed by atoms with Gasteiger partial charge in [-0.15, -0.1) is 0 Å². The quantitative estimate of drug-likeness (QED) is 0.0146. The molecule has 0 aliphatic carbocycles. The number of allylic oxidation sites excluding steroid dienone is 30. The van der Waals surface area contributed by atoms with E-state index in [1.807, 2.05) is 0 Å². The van der Waals surface area contributed by atoms with E-state index in [1.54, 1.807) is 0 Å². The van der Waals surface area contributed by atoms with Crippen molar-refractivity contribution in [2.24, 2.45) is 0 Å². The van der Waals surface area contributed by atoms with Crippen molar-refractivity contribution in [3.63, 3.8) is 0 Å². The summed E-state index contributed by atoms with van der Waals surface area (Å²) in [4.78, 5) is 58.8. The van der Waals surface area contributed by atoms with E-state index in [4.69, 9.17) is 32.3 Å².